The number of carbonyl (C=O) groups is 1. The molecule has 0 aliphatic carbocycles. The Kier molecular flexibility index (Phi) is 6.91. The third-order valence-electron chi connectivity index (χ3n) is 4.30. The molecule has 0 saturated heterocycles. The second kappa shape index (κ2) is 9.41. The molecule has 0 N–H and O–H groups in total. The van der Waals surface area contributed by atoms with Crippen LogP contribution < -0.4 is 9.47 Å². The van der Waals surface area contributed by atoms with Crippen molar-refractivity contribution in [2.45, 2.75) is 18.9 Å². The Bertz CT molecular complexity index is 1130. The number of ketones is 1. The summed E-state index contributed by atoms with van der Waals surface area (Å²) < 4.78 is 27.0. The van der Waals surface area contributed by atoms with Crippen molar-refractivity contribution < 1.29 is 18.7 Å². The molecule has 0 aliphatic rings. The van der Waals surface area contributed by atoms with Crippen molar-refractivity contribution in [2.75, 3.05) is 0 Å². The first kappa shape index (κ1) is 22.0. The number of nitriles is 1. The molecule has 7 heteroatoms. The molecule has 0 radical (unpaired) electrons. The van der Waals surface area contributed by atoms with Crippen LogP contribution in [0.25, 0.3) is 0 Å². The number of hydrogen-bond donors (Lipinski definition) is 0. The maximum Gasteiger partial charge on any atom is 0.277 e. The van der Waals surface area contributed by atoms with Gasteiger partial charge in [0.25, 0.3) is 5.60 Å². The van der Waals surface area contributed by atoms with E-state index in [1.165, 1.54) is 18.2 Å². The van der Waals surface area contributed by atoms with Crippen molar-refractivity contribution in [2.24, 2.45) is 0 Å². The Hall–Kier alpha value is -2.69. The smallest absolute Gasteiger partial charge is 0.277 e. The summed E-state index contributed by atoms with van der Waals surface area (Å²) in [5.41, 5.74) is -1.41. The van der Waals surface area contributed by atoms with Gasteiger partial charge in [-0.25, -0.2) is 4.39 Å². The first-order chi connectivity index (χ1) is 14.4. The molecule has 0 aromatic heterocycles. The maximum atomic E-state index is 14.1. The van der Waals surface area contributed by atoms with Gasteiger partial charge in [0.05, 0.1) is 0 Å². The van der Waals surface area contributed by atoms with Crippen LogP contribution in [0.5, 0.6) is 17.2 Å². The Balaban J connectivity index is 1.97. The van der Waals surface area contributed by atoms with Crippen LogP contribution in [-0.2, 0) is 10.4 Å². The van der Waals surface area contributed by atoms with Crippen molar-refractivity contribution in [3.05, 3.63) is 87.1 Å². The predicted octanol–water partition coefficient (Wildman–Crippen LogP) is 6.92. The van der Waals surface area contributed by atoms with Crippen molar-refractivity contribution in [3.8, 4) is 23.3 Å². The van der Waals surface area contributed by atoms with Gasteiger partial charge in [-0.15, -0.1) is 0 Å². The van der Waals surface area contributed by atoms with Crippen LogP contribution in [-0.4, -0.2) is 5.78 Å². The summed E-state index contributed by atoms with van der Waals surface area (Å²) in [6.07, 6.45) is 0.111. The molecule has 0 fully saturated rings. The van der Waals surface area contributed by atoms with Gasteiger partial charge in [-0.2, -0.15) is 5.26 Å². The van der Waals surface area contributed by atoms with Gasteiger partial charge < -0.3 is 9.47 Å². The number of rotatable bonds is 7. The van der Waals surface area contributed by atoms with E-state index in [-0.39, 0.29) is 23.7 Å². The molecule has 0 saturated carbocycles. The second-order valence-electron chi connectivity index (χ2n) is 6.33. The lowest BCUT2D eigenvalue weighted by molar-refractivity contribution is -0.130. The van der Waals surface area contributed by atoms with Crippen LogP contribution in [0.2, 0.25) is 0 Å². The zero-order chi connectivity index (χ0) is 21.7. The monoisotopic (exact) mass is 531 g/mol. The molecule has 3 aromatic rings. The number of Topliss-reactive ketones (excluding diaryl/α,β-unsaturated/α-hetero) is 1. The summed E-state index contributed by atoms with van der Waals surface area (Å²) in [6, 6.07) is 19.7. The molecular weight excluding hydrogens is 517 g/mol. The molecule has 1 atom stereocenters. The molecule has 0 heterocycles. The van der Waals surface area contributed by atoms with Gasteiger partial charge >= 0.3 is 0 Å². The molecule has 3 rings (SSSR count). The van der Waals surface area contributed by atoms with Crippen molar-refractivity contribution >= 4 is 37.6 Å². The number of carbonyl (C=O) groups excluding carboxylic acids is 1. The van der Waals surface area contributed by atoms with E-state index in [4.69, 9.17) is 9.47 Å². The lowest BCUT2D eigenvalue weighted by Gasteiger charge is -2.27. The minimum atomic E-state index is -1.82. The molecular formula is C23H16Br2FNO3. The number of benzene rings is 3. The van der Waals surface area contributed by atoms with E-state index in [1.807, 2.05) is 6.07 Å². The fourth-order valence-corrected chi connectivity index (χ4v) is 3.58. The molecule has 0 amide bonds. The molecule has 3 aromatic carbocycles. The Morgan fingerprint density at radius 1 is 1.03 bits per heavy atom. The quantitative estimate of drug-likeness (QED) is 0.331. The summed E-state index contributed by atoms with van der Waals surface area (Å²) in [7, 11) is 0. The van der Waals surface area contributed by atoms with Gasteiger partial charge in [-0.05, 0) is 42.5 Å². The first-order valence-electron chi connectivity index (χ1n) is 9.00. The van der Waals surface area contributed by atoms with Crippen LogP contribution >= 0.6 is 31.9 Å². The van der Waals surface area contributed by atoms with Gasteiger partial charge in [0.15, 0.2) is 17.3 Å². The standard InChI is InChI=1S/C23H16Br2FNO3/c1-2-22(28)23(14-27,15-5-3-6-16(24)11-15)30-19-8-4-7-18(13-19)29-21-10-9-17(25)12-20(21)26/h3-13H,2H2,1H3. The van der Waals surface area contributed by atoms with Crippen LogP contribution in [0.4, 0.5) is 4.39 Å². The highest BCUT2D eigenvalue weighted by Gasteiger charge is 2.42. The van der Waals surface area contributed by atoms with E-state index >= 15 is 0 Å². The molecule has 30 heavy (non-hydrogen) atoms. The SMILES string of the molecule is CCC(=O)C(C#N)(Oc1cccc(Oc2ccc(Br)cc2F)c1)c1cccc(Br)c1. The minimum Gasteiger partial charge on any atom is -0.461 e. The van der Waals surface area contributed by atoms with Gasteiger partial charge in [-0.1, -0.05) is 57.0 Å². The zero-order valence-corrected chi connectivity index (χ0v) is 19.0. The van der Waals surface area contributed by atoms with E-state index in [0.717, 1.165) is 4.47 Å². The molecule has 0 spiro atoms. The molecule has 0 bridgehead atoms. The lowest BCUT2D eigenvalue weighted by Crippen LogP contribution is -2.40. The number of ether oxygens (including phenoxy) is 2. The normalized spacial score (nSPS) is 12.5. The Labute approximate surface area is 190 Å². The third-order valence-corrected chi connectivity index (χ3v) is 5.29. The minimum absolute atomic E-state index is 0.0403. The fraction of sp³-hybridized carbons (Fsp3) is 0.130. The number of halogens is 3. The van der Waals surface area contributed by atoms with Crippen molar-refractivity contribution in [3.63, 3.8) is 0 Å². The number of hydrogen-bond acceptors (Lipinski definition) is 4. The van der Waals surface area contributed by atoms with Gasteiger partial charge in [0.1, 0.15) is 17.6 Å². The lowest BCUT2D eigenvalue weighted by atomic mass is 9.89. The van der Waals surface area contributed by atoms with Crippen molar-refractivity contribution in [1.82, 2.24) is 0 Å². The van der Waals surface area contributed by atoms with Crippen LogP contribution in [0.15, 0.2) is 75.7 Å². The van der Waals surface area contributed by atoms with Gasteiger partial charge in [0.2, 0.25) is 0 Å². The topological polar surface area (TPSA) is 59.3 Å². The largest absolute Gasteiger partial charge is 0.461 e. The highest BCUT2D eigenvalue weighted by atomic mass is 79.9. The molecule has 0 aliphatic heterocycles. The average Bonchev–Trinajstić information content (AvgIpc) is 2.74. The second-order valence-corrected chi connectivity index (χ2v) is 8.17. The summed E-state index contributed by atoms with van der Waals surface area (Å²) in [6.45, 7) is 1.67. The van der Waals surface area contributed by atoms with E-state index < -0.39 is 11.4 Å². The van der Waals surface area contributed by atoms with Gasteiger partial charge in [-0.3, -0.25) is 4.79 Å². The predicted molar refractivity (Wildman–Crippen MR) is 118 cm³/mol. The average molecular weight is 533 g/mol. The first-order valence-corrected chi connectivity index (χ1v) is 10.6. The molecule has 4 nitrogen and oxygen atoms in total. The van der Waals surface area contributed by atoms with Crippen molar-refractivity contribution in [1.29, 1.82) is 5.26 Å². The van der Waals surface area contributed by atoms with Gasteiger partial charge in [0, 0.05) is 27.0 Å². The summed E-state index contributed by atoms with van der Waals surface area (Å²) >= 11 is 6.57. The van der Waals surface area contributed by atoms with E-state index in [9.17, 15) is 14.4 Å². The van der Waals surface area contributed by atoms with E-state index in [1.54, 1.807) is 55.5 Å². The van der Waals surface area contributed by atoms with Crippen LogP contribution in [0.1, 0.15) is 18.9 Å². The Morgan fingerprint density at radius 3 is 2.40 bits per heavy atom. The van der Waals surface area contributed by atoms with Crippen LogP contribution in [0, 0.1) is 17.1 Å². The van der Waals surface area contributed by atoms with E-state index in [2.05, 4.69) is 31.9 Å². The Morgan fingerprint density at radius 2 is 1.73 bits per heavy atom. The molecule has 152 valence electrons. The zero-order valence-electron chi connectivity index (χ0n) is 15.9. The highest BCUT2D eigenvalue weighted by molar-refractivity contribution is 9.10. The maximum absolute atomic E-state index is 14.1. The van der Waals surface area contributed by atoms with Crippen LogP contribution in [0.3, 0.4) is 0 Å². The third kappa shape index (κ3) is 4.72. The summed E-state index contributed by atoms with van der Waals surface area (Å²) in [5.74, 6) is -0.323. The molecule has 1 unspecified atom stereocenters. The summed E-state index contributed by atoms with van der Waals surface area (Å²) in [4.78, 5) is 12.8. The fourth-order valence-electron chi connectivity index (χ4n) is 2.85. The highest BCUT2D eigenvalue weighted by Crippen LogP contribution is 2.34. The summed E-state index contributed by atoms with van der Waals surface area (Å²) in [5, 5.41) is 9.95. The van der Waals surface area contributed by atoms with E-state index in [0.29, 0.717) is 15.8 Å². The number of nitrogens with zero attached hydrogens (tertiary/aromatic N) is 1.